The van der Waals surface area contributed by atoms with Crippen molar-refractivity contribution in [2.45, 2.75) is 6.92 Å². The van der Waals surface area contributed by atoms with Crippen molar-refractivity contribution in [3.05, 3.63) is 82.2 Å². The largest absolute Gasteiger partial charge is 0.278 e. The Morgan fingerprint density at radius 1 is 1.08 bits per heavy atom. The average molecular weight is 333 g/mol. The molecule has 2 aromatic carbocycles. The van der Waals surface area contributed by atoms with Crippen molar-refractivity contribution in [2.75, 3.05) is 5.43 Å². The minimum Gasteiger partial charge on any atom is -0.261 e. The maximum atomic E-state index is 11.0. The van der Waals surface area contributed by atoms with Gasteiger partial charge in [0.1, 0.15) is 11.6 Å². The van der Waals surface area contributed by atoms with Gasteiger partial charge in [0, 0.05) is 17.7 Å². The zero-order valence-electron chi connectivity index (χ0n) is 13.5. The third-order valence-electron chi connectivity index (χ3n) is 3.42. The first kappa shape index (κ1) is 16.3. The second-order valence-electron chi connectivity index (χ2n) is 5.24. The summed E-state index contributed by atoms with van der Waals surface area (Å²) < 4.78 is 0. The minimum absolute atomic E-state index is 0.00288. The molecular formula is C18H15N5O2. The predicted molar refractivity (Wildman–Crippen MR) is 96.5 cm³/mol. The smallest absolute Gasteiger partial charge is 0.261 e. The van der Waals surface area contributed by atoms with Crippen LogP contribution in [-0.2, 0) is 0 Å². The Hall–Kier alpha value is -3.61. The molecule has 0 fully saturated rings. The molecule has 0 atom stereocenters. The van der Waals surface area contributed by atoms with E-state index in [9.17, 15) is 10.1 Å². The molecule has 0 unspecified atom stereocenters. The van der Waals surface area contributed by atoms with Crippen LogP contribution in [0.4, 0.5) is 11.5 Å². The van der Waals surface area contributed by atoms with Crippen LogP contribution in [-0.4, -0.2) is 21.1 Å². The van der Waals surface area contributed by atoms with E-state index in [-0.39, 0.29) is 5.69 Å². The monoisotopic (exact) mass is 333 g/mol. The van der Waals surface area contributed by atoms with E-state index in [1.807, 2.05) is 30.3 Å². The molecule has 124 valence electrons. The summed E-state index contributed by atoms with van der Waals surface area (Å²) >= 11 is 0. The summed E-state index contributed by atoms with van der Waals surface area (Å²) in [6, 6.07) is 17.9. The lowest BCUT2D eigenvalue weighted by Gasteiger charge is -2.05. The van der Waals surface area contributed by atoms with Gasteiger partial charge >= 0.3 is 0 Å². The summed E-state index contributed by atoms with van der Waals surface area (Å²) in [5, 5.41) is 15.1. The van der Waals surface area contributed by atoms with Crippen LogP contribution >= 0.6 is 0 Å². The summed E-state index contributed by atoms with van der Waals surface area (Å²) in [6.45, 7) is 1.80. The number of aryl methyl sites for hydroxylation is 1. The maximum absolute atomic E-state index is 11.0. The van der Waals surface area contributed by atoms with Crippen molar-refractivity contribution in [1.29, 1.82) is 0 Å². The summed E-state index contributed by atoms with van der Waals surface area (Å²) in [6.07, 6.45) is 1.40. The summed E-state index contributed by atoms with van der Waals surface area (Å²) in [5.74, 6) is 1.12. The average Bonchev–Trinajstić information content (AvgIpc) is 2.62. The van der Waals surface area contributed by atoms with Gasteiger partial charge in [-0.05, 0) is 13.0 Å². The van der Waals surface area contributed by atoms with E-state index in [4.69, 9.17) is 0 Å². The molecule has 0 spiro atoms. The topological polar surface area (TPSA) is 93.3 Å². The summed E-state index contributed by atoms with van der Waals surface area (Å²) in [4.78, 5) is 19.3. The molecule has 25 heavy (non-hydrogen) atoms. The quantitative estimate of drug-likeness (QED) is 0.435. The van der Waals surface area contributed by atoms with E-state index < -0.39 is 4.92 Å². The van der Waals surface area contributed by atoms with Crippen molar-refractivity contribution in [2.24, 2.45) is 5.10 Å². The van der Waals surface area contributed by atoms with Gasteiger partial charge in [-0.2, -0.15) is 5.10 Å². The number of para-hydroxylation sites is 1. The fraction of sp³-hybridized carbons (Fsp3) is 0.0556. The van der Waals surface area contributed by atoms with Crippen LogP contribution in [0.25, 0.3) is 11.3 Å². The maximum Gasteiger partial charge on any atom is 0.278 e. The first-order valence-corrected chi connectivity index (χ1v) is 7.57. The van der Waals surface area contributed by atoms with Crippen LogP contribution in [0, 0.1) is 17.0 Å². The summed E-state index contributed by atoms with van der Waals surface area (Å²) in [5.41, 5.74) is 4.96. The fourth-order valence-corrected chi connectivity index (χ4v) is 2.31. The van der Waals surface area contributed by atoms with Crippen LogP contribution in [0.5, 0.6) is 0 Å². The van der Waals surface area contributed by atoms with Gasteiger partial charge in [0.25, 0.3) is 5.69 Å². The van der Waals surface area contributed by atoms with E-state index in [0.717, 1.165) is 11.3 Å². The van der Waals surface area contributed by atoms with Crippen molar-refractivity contribution in [3.63, 3.8) is 0 Å². The third-order valence-corrected chi connectivity index (χ3v) is 3.42. The lowest BCUT2D eigenvalue weighted by atomic mass is 10.1. The minimum atomic E-state index is -0.441. The molecule has 0 saturated carbocycles. The first-order valence-electron chi connectivity index (χ1n) is 7.57. The third kappa shape index (κ3) is 4.03. The normalized spacial score (nSPS) is 10.8. The van der Waals surface area contributed by atoms with Gasteiger partial charge in [-0.25, -0.2) is 9.97 Å². The van der Waals surface area contributed by atoms with E-state index in [2.05, 4.69) is 20.5 Å². The van der Waals surface area contributed by atoms with Gasteiger partial charge in [-0.3, -0.25) is 15.5 Å². The van der Waals surface area contributed by atoms with Gasteiger partial charge in [0.2, 0.25) is 0 Å². The van der Waals surface area contributed by atoms with Crippen molar-refractivity contribution in [3.8, 4) is 11.3 Å². The molecule has 0 bridgehead atoms. The number of hydrogen-bond acceptors (Lipinski definition) is 6. The number of nitrogens with zero attached hydrogens (tertiary/aromatic N) is 4. The van der Waals surface area contributed by atoms with Crippen molar-refractivity contribution in [1.82, 2.24) is 9.97 Å². The van der Waals surface area contributed by atoms with Crippen LogP contribution < -0.4 is 5.43 Å². The lowest BCUT2D eigenvalue weighted by molar-refractivity contribution is -0.385. The number of aromatic nitrogens is 2. The Bertz CT molecular complexity index is 926. The fourth-order valence-electron chi connectivity index (χ4n) is 2.31. The molecule has 0 saturated heterocycles. The molecule has 0 amide bonds. The highest BCUT2D eigenvalue weighted by molar-refractivity contribution is 5.85. The van der Waals surface area contributed by atoms with Crippen molar-refractivity contribution < 1.29 is 4.92 Å². The van der Waals surface area contributed by atoms with E-state index in [1.54, 1.807) is 31.2 Å². The standard InChI is InChI=1S/C18H15N5O2/c1-13-20-16(14-7-3-2-4-8-14)11-18(21-13)22-19-12-15-9-5-6-10-17(15)23(24)25/h2-12H,1H3,(H,20,21,22)/b19-12-. The number of rotatable bonds is 5. The second kappa shape index (κ2) is 7.31. The number of hydrogen-bond donors (Lipinski definition) is 1. The highest BCUT2D eigenvalue weighted by Gasteiger charge is 2.10. The molecule has 1 N–H and O–H groups in total. The zero-order chi connectivity index (χ0) is 17.6. The van der Waals surface area contributed by atoms with Gasteiger partial charge in [0.15, 0.2) is 0 Å². The zero-order valence-corrected chi connectivity index (χ0v) is 13.5. The number of anilines is 1. The van der Waals surface area contributed by atoms with E-state index in [1.165, 1.54) is 12.3 Å². The number of nitro benzene ring substituents is 1. The molecule has 7 nitrogen and oxygen atoms in total. The molecule has 1 aromatic heterocycles. The van der Waals surface area contributed by atoms with Gasteiger partial charge < -0.3 is 0 Å². The van der Waals surface area contributed by atoms with Gasteiger partial charge in [-0.1, -0.05) is 42.5 Å². The van der Waals surface area contributed by atoms with Crippen LogP contribution in [0.15, 0.2) is 65.8 Å². The Labute approximate surface area is 144 Å². The Morgan fingerprint density at radius 3 is 2.56 bits per heavy atom. The van der Waals surface area contributed by atoms with Gasteiger partial charge in [0.05, 0.1) is 22.4 Å². The van der Waals surface area contributed by atoms with Gasteiger partial charge in [-0.15, -0.1) is 0 Å². The molecule has 1 heterocycles. The van der Waals surface area contributed by atoms with Crippen molar-refractivity contribution >= 4 is 17.7 Å². The lowest BCUT2D eigenvalue weighted by Crippen LogP contribution is -2.00. The Balaban J connectivity index is 1.82. The molecule has 0 aliphatic rings. The summed E-state index contributed by atoms with van der Waals surface area (Å²) in [7, 11) is 0. The molecule has 0 radical (unpaired) electrons. The number of hydrazone groups is 1. The molecule has 7 heteroatoms. The SMILES string of the molecule is Cc1nc(N/N=C\c2ccccc2[N+](=O)[O-])cc(-c2ccccc2)n1. The molecule has 0 aliphatic heterocycles. The highest BCUT2D eigenvalue weighted by atomic mass is 16.6. The van der Waals surface area contributed by atoms with Crippen LogP contribution in [0.1, 0.15) is 11.4 Å². The highest BCUT2D eigenvalue weighted by Crippen LogP contribution is 2.20. The van der Waals surface area contributed by atoms with Crippen LogP contribution in [0.2, 0.25) is 0 Å². The van der Waals surface area contributed by atoms with E-state index >= 15 is 0 Å². The molecule has 3 aromatic rings. The Morgan fingerprint density at radius 2 is 1.80 bits per heavy atom. The molecule has 3 rings (SSSR count). The number of nitrogens with one attached hydrogen (secondary N) is 1. The predicted octanol–water partition coefficient (Wildman–Crippen LogP) is 3.81. The molecule has 0 aliphatic carbocycles. The Kier molecular flexibility index (Phi) is 4.75. The van der Waals surface area contributed by atoms with E-state index in [0.29, 0.717) is 17.2 Å². The molecular weight excluding hydrogens is 318 g/mol. The first-order chi connectivity index (χ1) is 12.1. The van der Waals surface area contributed by atoms with Crippen LogP contribution in [0.3, 0.4) is 0 Å². The number of nitro groups is 1. The number of benzene rings is 2. The second-order valence-corrected chi connectivity index (χ2v) is 5.24.